The average molecular weight is 263 g/mol. The molecule has 1 N–H and O–H groups in total. The molecule has 0 aliphatic carbocycles. The van der Waals surface area contributed by atoms with Gasteiger partial charge in [0.2, 0.25) is 5.91 Å². The van der Waals surface area contributed by atoms with Gasteiger partial charge in [0, 0.05) is 12.1 Å². The molecule has 0 unspecified atom stereocenters. The standard InChI is InChI=1S/C15H21NO3/c1-11-5-7-12(8-6-11)16(10-14(18)19)13(17)9-15(2,3)4/h5-8H,9-10H2,1-4H3,(H,18,19). The first kappa shape index (κ1) is 15.2. The molecule has 0 bridgehead atoms. The van der Waals surface area contributed by atoms with Gasteiger partial charge in [0.15, 0.2) is 0 Å². The first-order chi connectivity index (χ1) is 8.69. The number of nitrogens with zero attached hydrogens (tertiary/aromatic N) is 1. The summed E-state index contributed by atoms with van der Waals surface area (Å²) in [4.78, 5) is 24.5. The second kappa shape index (κ2) is 5.87. The van der Waals surface area contributed by atoms with E-state index in [4.69, 9.17) is 5.11 Å². The van der Waals surface area contributed by atoms with Gasteiger partial charge in [-0.05, 0) is 24.5 Å². The van der Waals surface area contributed by atoms with Crippen molar-refractivity contribution in [2.75, 3.05) is 11.4 Å². The number of carboxylic acids is 1. The van der Waals surface area contributed by atoms with Crippen molar-refractivity contribution in [3.8, 4) is 0 Å². The quantitative estimate of drug-likeness (QED) is 0.908. The summed E-state index contributed by atoms with van der Waals surface area (Å²) in [6.07, 6.45) is 0.314. The Morgan fingerprint density at radius 2 is 1.68 bits per heavy atom. The van der Waals surface area contributed by atoms with Gasteiger partial charge in [0.05, 0.1) is 0 Å². The summed E-state index contributed by atoms with van der Waals surface area (Å²) in [6, 6.07) is 7.29. The van der Waals surface area contributed by atoms with Gasteiger partial charge in [-0.25, -0.2) is 0 Å². The minimum Gasteiger partial charge on any atom is -0.480 e. The number of hydrogen-bond acceptors (Lipinski definition) is 2. The first-order valence-electron chi connectivity index (χ1n) is 6.28. The zero-order valence-corrected chi connectivity index (χ0v) is 11.9. The molecule has 4 nitrogen and oxygen atoms in total. The smallest absolute Gasteiger partial charge is 0.323 e. The predicted octanol–water partition coefficient (Wildman–Crippen LogP) is 2.85. The third kappa shape index (κ3) is 5.12. The molecule has 19 heavy (non-hydrogen) atoms. The van der Waals surface area contributed by atoms with E-state index in [0.29, 0.717) is 12.1 Å². The topological polar surface area (TPSA) is 57.6 Å². The fourth-order valence-electron chi connectivity index (χ4n) is 1.73. The molecule has 0 heterocycles. The lowest BCUT2D eigenvalue weighted by atomic mass is 9.91. The van der Waals surface area contributed by atoms with Crippen LogP contribution in [0.5, 0.6) is 0 Å². The highest BCUT2D eigenvalue weighted by atomic mass is 16.4. The zero-order chi connectivity index (χ0) is 14.6. The molecule has 0 aromatic heterocycles. The van der Waals surface area contributed by atoms with E-state index in [1.807, 2.05) is 39.8 Å². The number of carbonyl (C=O) groups excluding carboxylic acids is 1. The summed E-state index contributed by atoms with van der Waals surface area (Å²) in [6.45, 7) is 7.51. The molecule has 4 heteroatoms. The molecule has 1 rings (SSSR count). The average Bonchev–Trinajstić information content (AvgIpc) is 2.24. The van der Waals surface area contributed by atoms with E-state index in [9.17, 15) is 9.59 Å². The van der Waals surface area contributed by atoms with Crippen LogP contribution in [0.15, 0.2) is 24.3 Å². The second-order valence-corrected chi connectivity index (χ2v) is 5.95. The van der Waals surface area contributed by atoms with E-state index < -0.39 is 5.97 Å². The van der Waals surface area contributed by atoms with Gasteiger partial charge in [-0.1, -0.05) is 38.5 Å². The van der Waals surface area contributed by atoms with Crippen molar-refractivity contribution in [1.29, 1.82) is 0 Å². The molecule has 0 spiro atoms. The number of rotatable bonds is 4. The number of amides is 1. The molecule has 104 valence electrons. The Kier molecular flexibility index (Phi) is 4.70. The fraction of sp³-hybridized carbons (Fsp3) is 0.467. The molecule has 0 saturated heterocycles. The highest BCUT2D eigenvalue weighted by molar-refractivity contribution is 5.97. The molecular formula is C15H21NO3. The van der Waals surface area contributed by atoms with Gasteiger partial charge in [0.25, 0.3) is 0 Å². The van der Waals surface area contributed by atoms with Crippen LogP contribution in [0.3, 0.4) is 0 Å². The number of carboxylic acid groups (broad SMARTS) is 1. The van der Waals surface area contributed by atoms with Crippen molar-refractivity contribution < 1.29 is 14.7 Å². The molecule has 0 fully saturated rings. The Labute approximate surface area is 114 Å². The van der Waals surface area contributed by atoms with Gasteiger partial charge >= 0.3 is 5.97 Å². The summed E-state index contributed by atoms with van der Waals surface area (Å²) in [7, 11) is 0. The third-order valence-corrected chi connectivity index (χ3v) is 2.62. The molecule has 0 aliphatic heterocycles. The van der Waals surface area contributed by atoms with Crippen LogP contribution in [0.2, 0.25) is 0 Å². The largest absolute Gasteiger partial charge is 0.480 e. The summed E-state index contributed by atoms with van der Waals surface area (Å²) >= 11 is 0. The number of carbonyl (C=O) groups is 2. The van der Waals surface area contributed by atoms with Crippen molar-refractivity contribution >= 4 is 17.6 Å². The minimum atomic E-state index is -1.01. The van der Waals surface area contributed by atoms with Crippen LogP contribution >= 0.6 is 0 Å². The predicted molar refractivity (Wildman–Crippen MR) is 75.2 cm³/mol. The van der Waals surface area contributed by atoms with E-state index in [-0.39, 0.29) is 17.9 Å². The van der Waals surface area contributed by atoms with E-state index in [2.05, 4.69) is 0 Å². The minimum absolute atomic E-state index is 0.168. The number of aryl methyl sites for hydroxylation is 1. The number of aliphatic carboxylic acids is 1. The molecule has 0 radical (unpaired) electrons. The third-order valence-electron chi connectivity index (χ3n) is 2.62. The maximum atomic E-state index is 12.2. The van der Waals surface area contributed by atoms with Crippen molar-refractivity contribution in [1.82, 2.24) is 0 Å². The van der Waals surface area contributed by atoms with E-state index in [1.54, 1.807) is 12.1 Å². The normalized spacial score (nSPS) is 11.2. The fourth-order valence-corrected chi connectivity index (χ4v) is 1.73. The maximum Gasteiger partial charge on any atom is 0.323 e. The van der Waals surface area contributed by atoms with E-state index in [1.165, 1.54) is 4.90 Å². The van der Waals surface area contributed by atoms with Gasteiger partial charge in [-0.15, -0.1) is 0 Å². The Balaban J connectivity index is 2.97. The van der Waals surface area contributed by atoms with Crippen LogP contribution in [0.1, 0.15) is 32.8 Å². The van der Waals surface area contributed by atoms with E-state index >= 15 is 0 Å². The number of anilines is 1. The van der Waals surface area contributed by atoms with Crippen LogP contribution in [0, 0.1) is 12.3 Å². The molecule has 1 aromatic rings. The van der Waals surface area contributed by atoms with Crippen LogP contribution in [-0.2, 0) is 9.59 Å². The second-order valence-electron chi connectivity index (χ2n) is 5.95. The molecule has 0 saturated carbocycles. The van der Waals surface area contributed by atoms with Crippen molar-refractivity contribution in [3.63, 3.8) is 0 Å². The highest BCUT2D eigenvalue weighted by Gasteiger charge is 2.23. The Morgan fingerprint density at radius 3 is 2.11 bits per heavy atom. The molecular weight excluding hydrogens is 242 g/mol. The lowest BCUT2D eigenvalue weighted by molar-refractivity contribution is -0.136. The lowest BCUT2D eigenvalue weighted by Gasteiger charge is -2.25. The molecule has 1 amide bonds. The number of hydrogen-bond donors (Lipinski definition) is 1. The van der Waals surface area contributed by atoms with Crippen LogP contribution in [0.4, 0.5) is 5.69 Å². The molecule has 0 atom stereocenters. The first-order valence-corrected chi connectivity index (χ1v) is 6.28. The molecule has 1 aromatic carbocycles. The Morgan fingerprint density at radius 1 is 1.16 bits per heavy atom. The summed E-state index contributed by atoms with van der Waals surface area (Å²) in [5.74, 6) is -1.18. The maximum absolute atomic E-state index is 12.2. The van der Waals surface area contributed by atoms with Crippen LogP contribution in [-0.4, -0.2) is 23.5 Å². The van der Waals surface area contributed by atoms with Crippen molar-refractivity contribution in [3.05, 3.63) is 29.8 Å². The van der Waals surface area contributed by atoms with Gasteiger partial charge < -0.3 is 10.0 Å². The molecule has 0 aliphatic rings. The van der Waals surface area contributed by atoms with Crippen LogP contribution in [0.25, 0.3) is 0 Å². The van der Waals surface area contributed by atoms with Gasteiger partial charge in [-0.3, -0.25) is 9.59 Å². The Hall–Kier alpha value is -1.84. The Bertz CT molecular complexity index is 457. The summed E-state index contributed by atoms with van der Waals surface area (Å²) in [5, 5.41) is 8.95. The van der Waals surface area contributed by atoms with Crippen molar-refractivity contribution in [2.45, 2.75) is 34.1 Å². The van der Waals surface area contributed by atoms with Crippen molar-refractivity contribution in [2.24, 2.45) is 5.41 Å². The van der Waals surface area contributed by atoms with Crippen LogP contribution < -0.4 is 4.90 Å². The van der Waals surface area contributed by atoms with E-state index in [0.717, 1.165) is 5.56 Å². The summed E-state index contributed by atoms with van der Waals surface area (Å²) < 4.78 is 0. The zero-order valence-electron chi connectivity index (χ0n) is 11.9. The SMILES string of the molecule is Cc1ccc(N(CC(=O)O)C(=O)CC(C)(C)C)cc1. The monoisotopic (exact) mass is 263 g/mol. The summed E-state index contributed by atoms with van der Waals surface area (Å²) in [5.41, 5.74) is 1.53. The highest BCUT2D eigenvalue weighted by Crippen LogP contribution is 2.23. The van der Waals surface area contributed by atoms with Gasteiger partial charge in [0.1, 0.15) is 6.54 Å². The number of benzene rings is 1. The lowest BCUT2D eigenvalue weighted by Crippen LogP contribution is -2.37. The van der Waals surface area contributed by atoms with Gasteiger partial charge in [-0.2, -0.15) is 0 Å².